The van der Waals surface area contributed by atoms with Gasteiger partial charge in [-0.2, -0.15) is 0 Å². The second-order valence-corrected chi connectivity index (χ2v) is 8.20. The largest absolute Gasteiger partial charge is 0.496 e. The van der Waals surface area contributed by atoms with Gasteiger partial charge in [-0.3, -0.25) is 4.79 Å². The molecule has 12 heteroatoms. The summed E-state index contributed by atoms with van der Waals surface area (Å²) in [5.74, 6) is 1.50. The maximum Gasteiger partial charge on any atom is 0.231 e. The van der Waals surface area contributed by atoms with E-state index < -0.39 is 37.3 Å². The Balaban J connectivity index is 1.54. The average Bonchev–Trinajstić information content (AvgIpc) is 3.35. The standard InChI is InChI=1S/C24H24O12/c1-30-13-5-17-16(33-9-34-17)3-10(13)12-8-32-14-6-18(15(31-2)4-11(14)20(12)26)35-24-23(29)22(28)21(27)19(7-25)36-24/h3-6,8,19,21-25,27-29H,7,9H2,1-2H3/t19-,21-,22+,23-,24+/m1/s1. The number of ether oxygens (including phenoxy) is 6. The quantitative estimate of drug-likeness (QED) is 0.365. The summed E-state index contributed by atoms with van der Waals surface area (Å²) in [5, 5.41) is 39.9. The minimum absolute atomic E-state index is 0.0332. The summed E-state index contributed by atoms with van der Waals surface area (Å²) in [6, 6.07) is 6.04. The lowest BCUT2D eigenvalue weighted by Gasteiger charge is -2.39. The lowest BCUT2D eigenvalue weighted by molar-refractivity contribution is -0.277. The Morgan fingerprint density at radius 1 is 0.889 bits per heavy atom. The molecule has 12 nitrogen and oxygen atoms in total. The minimum atomic E-state index is -1.63. The normalized spacial score (nSPS) is 25.1. The van der Waals surface area contributed by atoms with Crippen LogP contribution in [0.25, 0.3) is 22.1 Å². The highest BCUT2D eigenvalue weighted by Crippen LogP contribution is 2.42. The average molecular weight is 504 g/mol. The van der Waals surface area contributed by atoms with E-state index in [1.165, 1.54) is 32.6 Å². The zero-order chi connectivity index (χ0) is 25.6. The van der Waals surface area contributed by atoms with E-state index in [1.54, 1.807) is 12.1 Å². The lowest BCUT2D eigenvalue weighted by atomic mass is 9.99. The number of hydrogen-bond acceptors (Lipinski definition) is 12. The van der Waals surface area contributed by atoms with Gasteiger partial charge in [0.2, 0.25) is 18.5 Å². The highest BCUT2D eigenvalue weighted by atomic mass is 16.7. The van der Waals surface area contributed by atoms with E-state index in [2.05, 4.69) is 0 Å². The summed E-state index contributed by atoms with van der Waals surface area (Å²) in [7, 11) is 2.82. The predicted octanol–water partition coefficient (Wildman–Crippen LogP) is 0.385. The summed E-state index contributed by atoms with van der Waals surface area (Å²) in [5.41, 5.74) is 0.412. The Labute approximate surface area is 203 Å². The van der Waals surface area contributed by atoms with Gasteiger partial charge < -0.3 is 53.3 Å². The Hall–Kier alpha value is -3.55. The molecule has 2 aliphatic rings. The van der Waals surface area contributed by atoms with Crippen molar-refractivity contribution in [2.75, 3.05) is 27.6 Å². The zero-order valence-electron chi connectivity index (χ0n) is 19.2. The van der Waals surface area contributed by atoms with E-state index in [-0.39, 0.29) is 40.3 Å². The molecule has 36 heavy (non-hydrogen) atoms. The number of hydrogen-bond donors (Lipinski definition) is 4. The van der Waals surface area contributed by atoms with Gasteiger partial charge in [0.25, 0.3) is 0 Å². The van der Waals surface area contributed by atoms with Gasteiger partial charge in [0, 0.05) is 17.7 Å². The molecule has 1 saturated heterocycles. The molecule has 0 spiro atoms. The topological polar surface area (TPSA) is 167 Å². The van der Waals surface area contributed by atoms with E-state index in [4.69, 9.17) is 32.8 Å². The molecule has 5 atom stereocenters. The van der Waals surface area contributed by atoms with Crippen LogP contribution in [0.15, 0.2) is 39.7 Å². The monoisotopic (exact) mass is 504 g/mol. The fourth-order valence-electron chi connectivity index (χ4n) is 4.17. The molecule has 5 rings (SSSR count). The Bertz CT molecular complexity index is 1330. The van der Waals surface area contributed by atoms with Crippen molar-refractivity contribution in [3.8, 4) is 39.9 Å². The molecule has 0 amide bonds. The smallest absolute Gasteiger partial charge is 0.231 e. The Morgan fingerprint density at radius 3 is 2.31 bits per heavy atom. The predicted molar refractivity (Wildman–Crippen MR) is 122 cm³/mol. The van der Waals surface area contributed by atoms with Crippen molar-refractivity contribution >= 4 is 11.0 Å². The van der Waals surface area contributed by atoms with E-state index >= 15 is 0 Å². The highest BCUT2D eigenvalue weighted by molar-refractivity contribution is 5.86. The molecule has 0 bridgehead atoms. The fourth-order valence-corrected chi connectivity index (χ4v) is 4.17. The summed E-state index contributed by atoms with van der Waals surface area (Å²) in [6.07, 6.45) is -6.11. The number of fused-ring (bicyclic) bond motifs is 2. The molecule has 2 aromatic carbocycles. The van der Waals surface area contributed by atoms with Crippen LogP contribution in [0.5, 0.6) is 28.7 Å². The van der Waals surface area contributed by atoms with Crippen LogP contribution in [0.1, 0.15) is 0 Å². The molecule has 0 radical (unpaired) electrons. The van der Waals surface area contributed by atoms with Crippen molar-refractivity contribution in [2.24, 2.45) is 0 Å². The molecular formula is C24H24O12. The molecule has 2 aliphatic heterocycles. The Morgan fingerprint density at radius 2 is 1.61 bits per heavy atom. The van der Waals surface area contributed by atoms with Crippen molar-refractivity contribution in [2.45, 2.75) is 30.7 Å². The second kappa shape index (κ2) is 9.48. The van der Waals surface area contributed by atoms with Crippen molar-refractivity contribution in [1.82, 2.24) is 0 Å². The summed E-state index contributed by atoms with van der Waals surface area (Å²) in [4.78, 5) is 13.4. The van der Waals surface area contributed by atoms with Gasteiger partial charge in [0.1, 0.15) is 42.0 Å². The summed E-state index contributed by atoms with van der Waals surface area (Å²) in [6.45, 7) is -0.552. The van der Waals surface area contributed by atoms with Crippen LogP contribution in [-0.4, -0.2) is 78.8 Å². The summed E-state index contributed by atoms with van der Waals surface area (Å²) < 4.78 is 38.4. The first-order valence-corrected chi connectivity index (χ1v) is 10.9. The van der Waals surface area contributed by atoms with Crippen molar-refractivity contribution in [1.29, 1.82) is 0 Å². The van der Waals surface area contributed by atoms with Gasteiger partial charge in [-0.25, -0.2) is 0 Å². The number of aliphatic hydroxyl groups is 4. The van der Waals surface area contributed by atoms with Gasteiger partial charge in [0.15, 0.2) is 23.0 Å². The van der Waals surface area contributed by atoms with Gasteiger partial charge in [0.05, 0.1) is 31.8 Å². The van der Waals surface area contributed by atoms with Gasteiger partial charge in [-0.15, -0.1) is 0 Å². The molecule has 3 heterocycles. The first-order valence-electron chi connectivity index (χ1n) is 10.9. The van der Waals surface area contributed by atoms with Crippen LogP contribution in [0.3, 0.4) is 0 Å². The summed E-state index contributed by atoms with van der Waals surface area (Å²) >= 11 is 0. The van der Waals surface area contributed by atoms with Crippen molar-refractivity contribution in [3.05, 3.63) is 40.8 Å². The van der Waals surface area contributed by atoms with E-state index in [9.17, 15) is 25.2 Å². The zero-order valence-corrected chi connectivity index (χ0v) is 19.2. The molecule has 0 unspecified atom stereocenters. The molecule has 0 saturated carbocycles. The molecule has 3 aromatic rings. The van der Waals surface area contributed by atoms with Crippen LogP contribution in [0.2, 0.25) is 0 Å². The van der Waals surface area contributed by atoms with Crippen molar-refractivity contribution < 1.29 is 53.3 Å². The number of aliphatic hydroxyl groups excluding tert-OH is 4. The Kier molecular flexibility index (Phi) is 6.36. The van der Waals surface area contributed by atoms with E-state index in [0.29, 0.717) is 22.8 Å². The third-order valence-corrected chi connectivity index (χ3v) is 6.14. The second-order valence-electron chi connectivity index (χ2n) is 8.20. The molecule has 0 aliphatic carbocycles. The van der Waals surface area contributed by atoms with Crippen molar-refractivity contribution in [3.63, 3.8) is 0 Å². The van der Waals surface area contributed by atoms with Crippen LogP contribution in [-0.2, 0) is 4.74 Å². The number of benzene rings is 2. The molecule has 1 fully saturated rings. The number of rotatable bonds is 6. The molecule has 4 N–H and O–H groups in total. The third kappa shape index (κ3) is 3.98. The maximum absolute atomic E-state index is 13.4. The van der Waals surface area contributed by atoms with Gasteiger partial charge in [-0.05, 0) is 12.1 Å². The van der Waals surface area contributed by atoms with Gasteiger partial charge in [-0.1, -0.05) is 0 Å². The highest BCUT2D eigenvalue weighted by Gasteiger charge is 2.45. The first kappa shape index (κ1) is 24.2. The first-order chi connectivity index (χ1) is 17.4. The van der Waals surface area contributed by atoms with E-state index in [1.807, 2.05) is 0 Å². The minimum Gasteiger partial charge on any atom is -0.496 e. The molecular weight excluding hydrogens is 480 g/mol. The fraction of sp³-hybridized carbons (Fsp3) is 0.375. The van der Waals surface area contributed by atoms with Crippen LogP contribution >= 0.6 is 0 Å². The van der Waals surface area contributed by atoms with Gasteiger partial charge >= 0.3 is 0 Å². The van der Waals surface area contributed by atoms with Crippen LogP contribution in [0, 0.1) is 0 Å². The molecule has 192 valence electrons. The maximum atomic E-state index is 13.4. The lowest BCUT2D eigenvalue weighted by Crippen LogP contribution is -2.60. The third-order valence-electron chi connectivity index (χ3n) is 6.14. The molecule has 1 aromatic heterocycles. The number of methoxy groups -OCH3 is 2. The van der Waals surface area contributed by atoms with E-state index in [0.717, 1.165) is 0 Å². The van der Waals surface area contributed by atoms with Crippen LogP contribution in [0.4, 0.5) is 0 Å². The van der Waals surface area contributed by atoms with Crippen LogP contribution < -0.4 is 29.1 Å². The SMILES string of the molecule is COc1cc2c(=O)c(-c3cc4c(cc3OC)OCO4)coc2cc1O[C@H]1O[C@H](CO)[C@@H](O)[C@H](O)[C@H]1O.